The Kier molecular flexibility index (Phi) is 8.57. The predicted octanol–water partition coefficient (Wildman–Crippen LogP) is 2.45. The number of amides is 2. The molecule has 2 bridgehead atoms. The van der Waals surface area contributed by atoms with Gasteiger partial charge in [-0.15, -0.1) is 13.2 Å². The van der Waals surface area contributed by atoms with Crippen molar-refractivity contribution in [2.24, 2.45) is 11.8 Å². The van der Waals surface area contributed by atoms with Crippen molar-refractivity contribution in [1.29, 1.82) is 0 Å². The van der Waals surface area contributed by atoms with Crippen LogP contribution in [0.3, 0.4) is 0 Å². The van der Waals surface area contributed by atoms with E-state index in [1.54, 1.807) is 17.1 Å². The van der Waals surface area contributed by atoms with E-state index in [4.69, 9.17) is 9.47 Å². The van der Waals surface area contributed by atoms with Crippen LogP contribution in [0.2, 0.25) is 0 Å². The van der Waals surface area contributed by atoms with Gasteiger partial charge in [-0.05, 0) is 39.0 Å². The van der Waals surface area contributed by atoms with Gasteiger partial charge in [-0.1, -0.05) is 32.4 Å². The standard InChI is InChI=1S/C26H40N2O6/c1-6-10-15-33-25(32)20-19-12-13-26(34-19)21(20)23(30)28(18(9-4)16-29)22(26)24(31)27(14-8-3)17(5)11-7-2/h6,8,17-22,29H,1,3,7,9-16H2,2,4-5H3/t17?,18-,19+,20-,21-,22?,26?/m0/s1. The maximum absolute atomic E-state index is 14.2. The molecule has 1 spiro atoms. The van der Waals surface area contributed by atoms with Gasteiger partial charge in [0.1, 0.15) is 11.6 Å². The van der Waals surface area contributed by atoms with E-state index in [0.29, 0.717) is 32.2 Å². The smallest absolute Gasteiger partial charge is 0.312 e. The lowest BCUT2D eigenvalue weighted by atomic mass is 9.70. The molecule has 0 aliphatic carbocycles. The first kappa shape index (κ1) is 26.4. The van der Waals surface area contributed by atoms with Crippen molar-refractivity contribution in [3.8, 4) is 0 Å². The van der Waals surface area contributed by atoms with E-state index in [0.717, 1.165) is 12.8 Å². The van der Waals surface area contributed by atoms with Crippen molar-refractivity contribution in [3.05, 3.63) is 25.3 Å². The van der Waals surface area contributed by atoms with Crippen LogP contribution in [0, 0.1) is 11.8 Å². The van der Waals surface area contributed by atoms with Crippen LogP contribution in [0.1, 0.15) is 59.3 Å². The second-order valence-corrected chi connectivity index (χ2v) is 9.71. The second-order valence-electron chi connectivity index (χ2n) is 9.71. The fourth-order valence-corrected chi connectivity index (χ4v) is 6.14. The summed E-state index contributed by atoms with van der Waals surface area (Å²) < 4.78 is 11.9. The lowest BCUT2D eigenvalue weighted by Gasteiger charge is -2.40. The number of ether oxygens (including phenoxy) is 2. The van der Waals surface area contributed by atoms with Crippen molar-refractivity contribution in [3.63, 3.8) is 0 Å². The van der Waals surface area contributed by atoms with Crippen LogP contribution in [-0.2, 0) is 23.9 Å². The Morgan fingerprint density at radius 1 is 1.35 bits per heavy atom. The number of carbonyl (C=O) groups is 3. The number of carbonyl (C=O) groups excluding carboxylic acids is 3. The van der Waals surface area contributed by atoms with Crippen molar-refractivity contribution in [1.82, 2.24) is 9.80 Å². The summed E-state index contributed by atoms with van der Waals surface area (Å²) in [6, 6.07) is -1.47. The third-order valence-corrected chi connectivity index (χ3v) is 7.73. The molecule has 0 radical (unpaired) electrons. The lowest BCUT2D eigenvalue weighted by molar-refractivity contribution is -0.156. The Hall–Kier alpha value is -2.19. The van der Waals surface area contributed by atoms with Crippen molar-refractivity contribution in [2.45, 2.75) is 89.1 Å². The summed E-state index contributed by atoms with van der Waals surface area (Å²) in [4.78, 5) is 44.4. The van der Waals surface area contributed by atoms with E-state index in [9.17, 15) is 19.5 Å². The summed E-state index contributed by atoms with van der Waals surface area (Å²) in [6.07, 6.45) is 6.75. The van der Waals surface area contributed by atoms with Gasteiger partial charge in [-0.3, -0.25) is 14.4 Å². The predicted molar refractivity (Wildman–Crippen MR) is 128 cm³/mol. The molecule has 8 nitrogen and oxygen atoms in total. The van der Waals surface area contributed by atoms with Crippen LogP contribution in [-0.4, -0.2) is 82.3 Å². The first-order valence-corrected chi connectivity index (χ1v) is 12.6. The van der Waals surface area contributed by atoms with Gasteiger partial charge in [-0.25, -0.2) is 0 Å². The molecule has 190 valence electrons. The number of aliphatic hydroxyl groups excluding tert-OH is 1. The first-order chi connectivity index (χ1) is 16.3. The minimum Gasteiger partial charge on any atom is -0.465 e. The van der Waals surface area contributed by atoms with Crippen LogP contribution in [0.25, 0.3) is 0 Å². The summed E-state index contributed by atoms with van der Waals surface area (Å²) in [5.41, 5.74) is -1.09. The van der Waals surface area contributed by atoms with Crippen molar-refractivity contribution < 1.29 is 29.0 Å². The summed E-state index contributed by atoms with van der Waals surface area (Å²) in [5, 5.41) is 10.1. The maximum atomic E-state index is 14.2. The molecule has 8 heteroatoms. The molecule has 3 unspecified atom stereocenters. The number of rotatable bonds is 13. The average Bonchev–Trinajstić information content (AvgIpc) is 3.46. The largest absolute Gasteiger partial charge is 0.465 e. The SMILES string of the molecule is C=CCCOC(=O)[C@@H]1[C@H]2C(=O)N([C@@H](CC)CO)C(C(=O)N(CC=C)C(C)CCC)C23CC[C@H]1O3. The highest BCUT2D eigenvalue weighted by Gasteiger charge is 2.75. The van der Waals surface area contributed by atoms with Gasteiger partial charge in [0.25, 0.3) is 0 Å². The number of fused-ring (bicyclic) bond motifs is 1. The fourth-order valence-electron chi connectivity index (χ4n) is 6.14. The van der Waals surface area contributed by atoms with E-state index in [1.807, 2.05) is 13.8 Å². The quantitative estimate of drug-likeness (QED) is 0.249. The molecule has 0 aromatic carbocycles. The van der Waals surface area contributed by atoms with Crippen LogP contribution < -0.4 is 0 Å². The zero-order chi connectivity index (χ0) is 25.0. The Morgan fingerprint density at radius 2 is 2.09 bits per heavy atom. The van der Waals surface area contributed by atoms with Gasteiger partial charge in [0.05, 0.1) is 37.2 Å². The van der Waals surface area contributed by atoms with Gasteiger partial charge in [0.15, 0.2) is 0 Å². The van der Waals surface area contributed by atoms with Crippen LogP contribution in [0.15, 0.2) is 25.3 Å². The number of nitrogens with zero attached hydrogens (tertiary/aromatic N) is 2. The van der Waals surface area contributed by atoms with Gasteiger partial charge in [0.2, 0.25) is 11.8 Å². The number of likely N-dealkylation sites (tertiary alicyclic amines) is 1. The van der Waals surface area contributed by atoms with E-state index >= 15 is 0 Å². The Bertz CT molecular complexity index is 796. The number of aliphatic hydroxyl groups is 1. The fraction of sp³-hybridized carbons (Fsp3) is 0.731. The molecule has 2 amide bonds. The van der Waals surface area contributed by atoms with E-state index in [1.165, 1.54) is 4.90 Å². The first-order valence-electron chi connectivity index (χ1n) is 12.6. The summed E-state index contributed by atoms with van der Waals surface area (Å²) >= 11 is 0. The van der Waals surface area contributed by atoms with Crippen LogP contribution in [0.4, 0.5) is 0 Å². The number of hydrogen-bond donors (Lipinski definition) is 1. The molecule has 0 aromatic heterocycles. The monoisotopic (exact) mass is 476 g/mol. The third-order valence-electron chi connectivity index (χ3n) is 7.73. The summed E-state index contributed by atoms with van der Waals surface area (Å²) in [7, 11) is 0. The van der Waals surface area contributed by atoms with Gasteiger partial charge in [-0.2, -0.15) is 0 Å². The van der Waals surface area contributed by atoms with Gasteiger partial charge in [0, 0.05) is 12.6 Å². The highest BCUT2D eigenvalue weighted by molar-refractivity contribution is 5.98. The Labute approximate surface area is 202 Å². The minimum atomic E-state index is -1.09. The average molecular weight is 477 g/mol. The molecule has 7 atom stereocenters. The molecular weight excluding hydrogens is 436 g/mol. The normalized spacial score (nSPS) is 31.2. The molecule has 3 rings (SSSR count). The zero-order valence-corrected chi connectivity index (χ0v) is 20.8. The second kappa shape index (κ2) is 11.0. The highest BCUT2D eigenvalue weighted by atomic mass is 16.6. The molecule has 34 heavy (non-hydrogen) atoms. The Balaban J connectivity index is 2.03. The maximum Gasteiger partial charge on any atom is 0.312 e. The molecule has 3 aliphatic rings. The number of hydrogen-bond acceptors (Lipinski definition) is 6. The zero-order valence-electron chi connectivity index (χ0n) is 20.8. The summed E-state index contributed by atoms with van der Waals surface area (Å²) in [6.45, 7) is 13.7. The molecule has 0 saturated carbocycles. The van der Waals surface area contributed by atoms with Crippen LogP contribution in [0.5, 0.6) is 0 Å². The topological polar surface area (TPSA) is 96.4 Å². The third kappa shape index (κ3) is 4.31. The van der Waals surface area contributed by atoms with E-state index in [2.05, 4.69) is 20.1 Å². The van der Waals surface area contributed by atoms with E-state index < -0.39 is 41.6 Å². The highest BCUT2D eigenvalue weighted by Crippen LogP contribution is 2.59. The number of esters is 1. The van der Waals surface area contributed by atoms with Crippen LogP contribution >= 0.6 is 0 Å². The molecule has 3 saturated heterocycles. The molecule has 0 aromatic rings. The Morgan fingerprint density at radius 3 is 2.68 bits per heavy atom. The van der Waals surface area contributed by atoms with E-state index in [-0.39, 0.29) is 31.1 Å². The molecule has 3 fully saturated rings. The van der Waals surface area contributed by atoms with Crippen molar-refractivity contribution in [2.75, 3.05) is 19.8 Å². The molecule has 3 aliphatic heterocycles. The summed E-state index contributed by atoms with van der Waals surface area (Å²) in [5.74, 6) is -2.49. The minimum absolute atomic E-state index is 0.0460. The lowest BCUT2D eigenvalue weighted by Crippen LogP contribution is -2.60. The van der Waals surface area contributed by atoms with Crippen molar-refractivity contribution >= 4 is 17.8 Å². The van der Waals surface area contributed by atoms with Gasteiger partial charge < -0.3 is 24.4 Å². The molecule has 3 heterocycles. The molecular formula is C26H40N2O6. The van der Waals surface area contributed by atoms with Gasteiger partial charge >= 0.3 is 5.97 Å². The molecule has 1 N–H and O–H groups in total.